The van der Waals surface area contributed by atoms with Crippen molar-refractivity contribution in [2.24, 2.45) is 7.05 Å². The van der Waals surface area contributed by atoms with Crippen LogP contribution in [-0.4, -0.2) is 50.6 Å². The van der Waals surface area contributed by atoms with Crippen LogP contribution in [0.1, 0.15) is 41.2 Å². The van der Waals surface area contributed by atoms with Crippen LogP contribution >= 0.6 is 0 Å². The number of hydrogen-bond acceptors (Lipinski definition) is 5. The molecule has 150 valence electrons. The van der Waals surface area contributed by atoms with E-state index in [-0.39, 0.29) is 11.9 Å². The van der Waals surface area contributed by atoms with Gasteiger partial charge < -0.3 is 10.2 Å². The monoisotopic (exact) mass is 390 g/mol. The molecule has 0 saturated carbocycles. The molecule has 0 spiro atoms. The van der Waals surface area contributed by atoms with Gasteiger partial charge in [-0.05, 0) is 48.8 Å². The average molecular weight is 390 g/mol. The molecule has 1 aromatic heterocycles. The molecule has 7 nitrogen and oxygen atoms in total. The number of carbonyl (C=O) groups is 1. The number of hydrogen-bond donors (Lipinski definition) is 1. The van der Waals surface area contributed by atoms with Gasteiger partial charge in [-0.2, -0.15) is 4.80 Å². The smallest absolute Gasteiger partial charge is 0.251 e. The molecule has 1 atom stereocenters. The van der Waals surface area contributed by atoms with Crippen LogP contribution in [0.25, 0.3) is 11.4 Å². The van der Waals surface area contributed by atoms with Crippen molar-refractivity contribution < 1.29 is 4.79 Å². The first-order valence-corrected chi connectivity index (χ1v) is 10.1. The Labute approximate surface area is 170 Å². The number of likely N-dealkylation sites (tertiary alicyclic amines) is 1. The van der Waals surface area contributed by atoms with Crippen molar-refractivity contribution in [2.45, 2.75) is 25.3 Å². The molecule has 0 aliphatic carbocycles. The van der Waals surface area contributed by atoms with Crippen LogP contribution in [0.2, 0.25) is 0 Å². The van der Waals surface area contributed by atoms with Gasteiger partial charge in [0.05, 0.1) is 13.1 Å². The highest BCUT2D eigenvalue weighted by Gasteiger charge is 2.20. The van der Waals surface area contributed by atoms with Crippen LogP contribution in [0, 0.1) is 0 Å². The van der Waals surface area contributed by atoms with Gasteiger partial charge in [0, 0.05) is 17.7 Å². The summed E-state index contributed by atoms with van der Waals surface area (Å²) in [5, 5.41) is 15.3. The minimum atomic E-state index is -0.0745. The summed E-state index contributed by atoms with van der Waals surface area (Å²) in [5.41, 5.74) is 2.59. The Morgan fingerprint density at radius 1 is 1.03 bits per heavy atom. The molecule has 2 aromatic carbocycles. The Hall–Kier alpha value is -3.06. The molecule has 1 N–H and O–H groups in total. The Kier molecular flexibility index (Phi) is 5.95. The van der Waals surface area contributed by atoms with E-state index in [0.717, 1.165) is 30.8 Å². The third-order valence-electron chi connectivity index (χ3n) is 5.31. The summed E-state index contributed by atoms with van der Waals surface area (Å²) in [6, 6.07) is 17.5. The fourth-order valence-corrected chi connectivity index (χ4v) is 3.73. The number of tetrazole rings is 1. The summed E-state index contributed by atoms with van der Waals surface area (Å²) in [6.07, 6.45) is 3.76. The van der Waals surface area contributed by atoms with E-state index in [0.29, 0.717) is 11.4 Å². The van der Waals surface area contributed by atoms with Gasteiger partial charge >= 0.3 is 0 Å². The number of aromatic nitrogens is 4. The van der Waals surface area contributed by atoms with Gasteiger partial charge in [-0.1, -0.05) is 48.9 Å². The molecule has 0 radical (unpaired) electrons. The molecule has 2 heterocycles. The van der Waals surface area contributed by atoms with E-state index in [1.54, 1.807) is 7.05 Å². The maximum atomic E-state index is 12.9. The number of nitrogens with one attached hydrogen (secondary N) is 1. The van der Waals surface area contributed by atoms with Gasteiger partial charge in [0.25, 0.3) is 5.91 Å². The highest BCUT2D eigenvalue weighted by Crippen LogP contribution is 2.19. The number of aryl methyl sites for hydroxylation is 1. The Morgan fingerprint density at radius 3 is 2.41 bits per heavy atom. The second-order valence-corrected chi connectivity index (χ2v) is 7.48. The van der Waals surface area contributed by atoms with Crippen molar-refractivity contribution in [1.29, 1.82) is 0 Å². The van der Waals surface area contributed by atoms with Gasteiger partial charge in [0.2, 0.25) is 5.82 Å². The molecular weight excluding hydrogens is 364 g/mol. The Bertz CT molecular complexity index is 931. The minimum Gasteiger partial charge on any atom is -0.344 e. The molecule has 1 saturated heterocycles. The maximum absolute atomic E-state index is 12.9. The van der Waals surface area contributed by atoms with Crippen LogP contribution in [0.5, 0.6) is 0 Å². The summed E-state index contributed by atoms with van der Waals surface area (Å²) >= 11 is 0. The van der Waals surface area contributed by atoms with E-state index < -0.39 is 0 Å². The standard InChI is InChI=1S/C22H26N6O/c1-27-25-21(24-26-27)18-10-12-19(13-11-18)22(29)23-20(17-8-4-2-5-9-17)16-28-14-6-3-7-15-28/h2,4-5,8-13,20H,3,6-7,14-16H2,1H3,(H,23,29)/t20-/m0/s1. The lowest BCUT2D eigenvalue weighted by molar-refractivity contribution is 0.0920. The SMILES string of the molecule is Cn1nnc(-c2ccc(C(=O)N[C@@H](CN3CCCCC3)c3ccccc3)cc2)n1. The number of rotatable bonds is 6. The number of nitrogens with zero attached hydrogens (tertiary/aromatic N) is 5. The topological polar surface area (TPSA) is 75.9 Å². The van der Waals surface area contributed by atoms with Crippen molar-refractivity contribution in [3.8, 4) is 11.4 Å². The number of piperidine rings is 1. The first kappa shape index (κ1) is 19.3. The van der Waals surface area contributed by atoms with Crippen LogP contribution in [0.3, 0.4) is 0 Å². The summed E-state index contributed by atoms with van der Waals surface area (Å²) in [5.74, 6) is 0.473. The van der Waals surface area contributed by atoms with E-state index in [2.05, 4.69) is 37.8 Å². The zero-order valence-corrected chi connectivity index (χ0v) is 16.7. The van der Waals surface area contributed by atoms with Gasteiger partial charge in [0.1, 0.15) is 0 Å². The van der Waals surface area contributed by atoms with Crippen molar-refractivity contribution >= 4 is 5.91 Å². The number of benzene rings is 2. The normalized spacial score (nSPS) is 15.8. The van der Waals surface area contributed by atoms with Crippen molar-refractivity contribution in [2.75, 3.05) is 19.6 Å². The van der Waals surface area contributed by atoms with Crippen LogP contribution in [0.15, 0.2) is 54.6 Å². The third kappa shape index (κ3) is 4.86. The van der Waals surface area contributed by atoms with E-state index in [9.17, 15) is 4.79 Å². The molecule has 0 bridgehead atoms. The van der Waals surface area contributed by atoms with E-state index >= 15 is 0 Å². The molecule has 4 rings (SSSR count). The summed E-state index contributed by atoms with van der Waals surface area (Å²) in [6.45, 7) is 3.02. The zero-order valence-electron chi connectivity index (χ0n) is 16.7. The second-order valence-electron chi connectivity index (χ2n) is 7.48. The van der Waals surface area contributed by atoms with E-state index in [1.165, 1.54) is 24.1 Å². The summed E-state index contributed by atoms with van der Waals surface area (Å²) < 4.78 is 0. The molecule has 3 aromatic rings. The molecular formula is C22H26N6O. The fourth-order valence-electron chi connectivity index (χ4n) is 3.73. The molecule has 1 fully saturated rings. The fraction of sp³-hybridized carbons (Fsp3) is 0.364. The molecule has 29 heavy (non-hydrogen) atoms. The first-order valence-electron chi connectivity index (χ1n) is 10.1. The molecule has 0 unspecified atom stereocenters. The Morgan fingerprint density at radius 2 is 1.76 bits per heavy atom. The van der Waals surface area contributed by atoms with Crippen LogP contribution < -0.4 is 5.32 Å². The Balaban J connectivity index is 1.48. The highest BCUT2D eigenvalue weighted by molar-refractivity contribution is 5.94. The molecule has 1 aliphatic heterocycles. The van der Waals surface area contributed by atoms with Crippen molar-refractivity contribution in [3.05, 3.63) is 65.7 Å². The van der Waals surface area contributed by atoms with E-state index in [1.807, 2.05) is 42.5 Å². The molecule has 1 aliphatic rings. The lowest BCUT2D eigenvalue weighted by Crippen LogP contribution is -2.40. The van der Waals surface area contributed by atoms with Crippen molar-refractivity contribution in [3.63, 3.8) is 0 Å². The predicted molar refractivity (Wildman–Crippen MR) is 111 cm³/mol. The largest absolute Gasteiger partial charge is 0.344 e. The van der Waals surface area contributed by atoms with Gasteiger partial charge in [-0.25, -0.2) is 0 Å². The van der Waals surface area contributed by atoms with Crippen LogP contribution in [0.4, 0.5) is 0 Å². The first-order chi connectivity index (χ1) is 14.2. The number of carbonyl (C=O) groups excluding carboxylic acids is 1. The quantitative estimate of drug-likeness (QED) is 0.700. The summed E-state index contributed by atoms with van der Waals surface area (Å²) in [7, 11) is 1.73. The maximum Gasteiger partial charge on any atom is 0.251 e. The minimum absolute atomic E-state index is 0.0388. The second kappa shape index (κ2) is 8.96. The van der Waals surface area contributed by atoms with E-state index in [4.69, 9.17) is 0 Å². The molecule has 1 amide bonds. The van der Waals surface area contributed by atoms with Gasteiger partial charge in [-0.15, -0.1) is 10.2 Å². The molecule has 7 heteroatoms. The lowest BCUT2D eigenvalue weighted by atomic mass is 10.0. The predicted octanol–water partition coefficient (Wildman–Crippen LogP) is 2.83. The third-order valence-corrected chi connectivity index (χ3v) is 5.31. The highest BCUT2D eigenvalue weighted by atomic mass is 16.1. The lowest BCUT2D eigenvalue weighted by Gasteiger charge is -2.31. The van der Waals surface area contributed by atoms with Crippen LogP contribution in [-0.2, 0) is 7.05 Å². The zero-order chi connectivity index (χ0) is 20.1. The summed E-state index contributed by atoms with van der Waals surface area (Å²) in [4.78, 5) is 16.8. The van der Waals surface area contributed by atoms with Crippen molar-refractivity contribution in [1.82, 2.24) is 30.4 Å². The van der Waals surface area contributed by atoms with Gasteiger partial charge in [-0.3, -0.25) is 4.79 Å². The van der Waals surface area contributed by atoms with Gasteiger partial charge in [0.15, 0.2) is 0 Å². The average Bonchev–Trinajstić information content (AvgIpc) is 3.21. The number of amides is 1.